The highest BCUT2D eigenvalue weighted by molar-refractivity contribution is 5.75. The van der Waals surface area contributed by atoms with E-state index in [2.05, 4.69) is 0 Å². The number of rotatable bonds is 3. The van der Waals surface area contributed by atoms with Crippen molar-refractivity contribution in [3.8, 4) is 5.75 Å². The monoisotopic (exact) mass is 262 g/mol. The third-order valence-electron chi connectivity index (χ3n) is 4.24. The Morgan fingerprint density at radius 3 is 2.05 bits per heavy atom. The molecule has 0 aromatic heterocycles. The van der Waals surface area contributed by atoms with Crippen LogP contribution in [0.5, 0.6) is 5.75 Å². The fraction of sp³-hybridized carbons (Fsp3) is 0.562. The molecule has 3 heteroatoms. The molecular weight excluding hydrogens is 240 g/mol. The van der Waals surface area contributed by atoms with Crippen LogP contribution in [0.3, 0.4) is 0 Å². The summed E-state index contributed by atoms with van der Waals surface area (Å²) in [7, 11) is 0. The van der Waals surface area contributed by atoms with Crippen LogP contribution in [0.4, 0.5) is 0 Å². The lowest BCUT2D eigenvalue weighted by atomic mass is 9.72. The molecule has 1 aromatic rings. The second-order valence-electron chi connectivity index (χ2n) is 5.70. The molecule has 0 amide bonds. The Kier molecular flexibility index (Phi) is 4.46. The molecule has 19 heavy (non-hydrogen) atoms. The van der Waals surface area contributed by atoms with Gasteiger partial charge in [-0.3, -0.25) is 4.79 Å². The number of hydrogen-bond acceptors (Lipinski definition) is 2. The van der Waals surface area contributed by atoms with Crippen molar-refractivity contribution in [3.05, 3.63) is 29.8 Å². The van der Waals surface area contributed by atoms with Crippen LogP contribution in [0.15, 0.2) is 24.3 Å². The van der Waals surface area contributed by atoms with Gasteiger partial charge in [-0.25, -0.2) is 0 Å². The smallest absolute Gasteiger partial charge is 0.309 e. The van der Waals surface area contributed by atoms with Crippen LogP contribution in [0.25, 0.3) is 0 Å². The topological polar surface area (TPSA) is 57.5 Å². The van der Waals surface area contributed by atoms with Crippen molar-refractivity contribution < 1.29 is 15.0 Å². The van der Waals surface area contributed by atoms with Gasteiger partial charge < -0.3 is 10.2 Å². The number of hydrogen-bond donors (Lipinski definition) is 2. The van der Waals surface area contributed by atoms with E-state index in [4.69, 9.17) is 0 Å². The van der Waals surface area contributed by atoms with Gasteiger partial charge in [0.2, 0.25) is 0 Å². The zero-order valence-corrected chi connectivity index (χ0v) is 11.3. The number of aromatic hydroxyl groups is 1. The molecule has 1 saturated carbocycles. The van der Waals surface area contributed by atoms with Gasteiger partial charge in [0.25, 0.3) is 0 Å². The number of carboxylic acid groups (broad SMARTS) is 1. The van der Waals surface area contributed by atoms with Crippen LogP contribution in [-0.4, -0.2) is 16.2 Å². The predicted octanol–water partition coefficient (Wildman–Crippen LogP) is 3.75. The van der Waals surface area contributed by atoms with Crippen molar-refractivity contribution in [3.63, 3.8) is 0 Å². The molecule has 0 heterocycles. The average molecular weight is 262 g/mol. The van der Waals surface area contributed by atoms with Gasteiger partial charge >= 0.3 is 5.97 Å². The Morgan fingerprint density at radius 1 is 1.00 bits per heavy atom. The molecule has 2 N–H and O–H groups in total. The minimum atomic E-state index is -0.664. The fourth-order valence-corrected chi connectivity index (χ4v) is 3.05. The molecule has 1 aromatic carbocycles. The van der Waals surface area contributed by atoms with Crippen molar-refractivity contribution in [1.82, 2.24) is 0 Å². The summed E-state index contributed by atoms with van der Waals surface area (Å²) in [6.45, 7) is 0. The van der Waals surface area contributed by atoms with Crippen LogP contribution in [0, 0.1) is 5.41 Å². The van der Waals surface area contributed by atoms with E-state index in [9.17, 15) is 15.0 Å². The molecule has 0 bridgehead atoms. The lowest BCUT2D eigenvalue weighted by Gasteiger charge is -2.31. The van der Waals surface area contributed by atoms with Crippen LogP contribution < -0.4 is 0 Å². The Morgan fingerprint density at radius 2 is 1.53 bits per heavy atom. The van der Waals surface area contributed by atoms with Crippen molar-refractivity contribution in [2.75, 3.05) is 0 Å². The first-order valence-electron chi connectivity index (χ1n) is 7.14. The normalized spacial score (nSPS) is 19.4. The lowest BCUT2D eigenvalue weighted by molar-refractivity contribution is -0.150. The van der Waals surface area contributed by atoms with Gasteiger partial charge in [-0.05, 0) is 37.0 Å². The van der Waals surface area contributed by atoms with E-state index in [1.165, 1.54) is 6.42 Å². The Labute approximate surface area is 114 Å². The maximum atomic E-state index is 11.8. The van der Waals surface area contributed by atoms with E-state index in [0.717, 1.165) is 44.1 Å². The number of carboxylic acids is 1. The molecule has 0 aliphatic heterocycles. The van der Waals surface area contributed by atoms with Gasteiger partial charge in [0.05, 0.1) is 5.41 Å². The van der Waals surface area contributed by atoms with Crippen LogP contribution in [-0.2, 0) is 11.2 Å². The second kappa shape index (κ2) is 6.09. The molecule has 0 spiro atoms. The van der Waals surface area contributed by atoms with Crippen LogP contribution in [0.2, 0.25) is 0 Å². The number of aliphatic carboxylic acids is 1. The van der Waals surface area contributed by atoms with Gasteiger partial charge in [0.15, 0.2) is 0 Å². The summed E-state index contributed by atoms with van der Waals surface area (Å²) in [5.74, 6) is -0.437. The summed E-state index contributed by atoms with van der Waals surface area (Å²) in [5, 5.41) is 19.0. The van der Waals surface area contributed by atoms with E-state index in [0.29, 0.717) is 6.42 Å². The van der Waals surface area contributed by atoms with Crippen molar-refractivity contribution >= 4 is 5.97 Å². The number of phenolic OH excluding ortho intramolecular Hbond substituents is 1. The molecule has 1 aliphatic carbocycles. The highest BCUT2D eigenvalue weighted by Crippen LogP contribution is 2.38. The van der Waals surface area contributed by atoms with Crippen LogP contribution >= 0.6 is 0 Å². The molecule has 0 saturated heterocycles. The van der Waals surface area contributed by atoms with Gasteiger partial charge in [0, 0.05) is 0 Å². The first-order chi connectivity index (χ1) is 9.12. The van der Waals surface area contributed by atoms with Crippen molar-refractivity contribution in [1.29, 1.82) is 0 Å². The SMILES string of the molecule is O=C(O)C1(Cc2ccc(O)cc2)CCCCCCC1. The zero-order valence-electron chi connectivity index (χ0n) is 11.3. The minimum Gasteiger partial charge on any atom is -0.508 e. The lowest BCUT2D eigenvalue weighted by Crippen LogP contribution is -2.34. The maximum Gasteiger partial charge on any atom is 0.309 e. The summed E-state index contributed by atoms with van der Waals surface area (Å²) in [4.78, 5) is 11.8. The number of phenols is 1. The van der Waals surface area contributed by atoms with E-state index < -0.39 is 11.4 Å². The minimum absolute atomic E-state index is 0.228. The molecule has 1 aliphatic rings. The Balaban J connectivity index is 2.17. The summed E-state index contributed by atoms with van der Waals surface area (Å²) < 4.78 is 0. The number of carbonyl (C=O) groups is 1. The molecule has 1 fully saturated rings. The van der Waals surface area contributed by atoms with Gasteiger partial charge in [-0.2, -0.15) is 0 Å². The Bertz CT molecular complexity index is 414. The Hall–Kier alpha value is -1.51. The quantitative estimate of drug-likeness (QED) is 0.872. The first kappa shape index (κ1) is 13.9. The molecule has 0 radical (unpaired) electrons. The van der Waals surface area contributed by atoms with Gasteiger partial charge in [-0.1, -0.05) is 44.2 Å². The van der Waals surface area contributed by atoms with Crippen molar-refractivity contribution in [2.24, 2.45) is 5.41 Å². The molecule has 104 valence electrons. The predicted molar refractivity (Wildman–Crippen MR) is 74.2 cm³/mol. The number of benzene rings is 1. The van der Waals surface area contributed by atoms with E-state index in [1.54, 1.807) is 12.1 Å². The van der Waals surface area contributed by atoms with E-state index in [-0.39, 0.29) is 5.75 Å². The average Bonchev–Trinajstić information content (AvgIpc) is 2.35. The highest BCUT2D eigenvalue weighted by atomic mass is 16.4. The summed E-state index contributed by atoms with van der Waals surface area (Å²) >= 11 is 0. The maximum absolute atomic E-state index is 11.8. The highest BCUT2D eigenvalue weighted by Gasteiger charge is 2.38. The third-order valence-corrected chi connectivity index (χ3v) is 4.24. The largest absolute Gasteiger partial charge is 0.508 e. The summed E-state index contributed by atoms with van der Waals surface area (Å²) in [6, 6.07) is 6.93. The van der Waals surface area contributed by atoms with E-state index in [1.807, 2.05) is 12.1 Å². The zero-order chi connectivity index (χ0) is 13.7. The second-order valence-corrected chi connectivity index (χ2v) is 5.70. The molecule has 3 nitrogen and oxygen atoms in total. The third kappa shape index (κ3) is 3.49. The summed E-state index contributed by atoms with van der Waals surface area (Å²) in [5.41, 5.74) is 0.387. The molecule has 0 atom stereocenters. The fourth-order valence-electron chi connectivity index (χ4n) is 3.05. The van der Waals surface area contributed by atoms with Crippen LogP contribution in [0.1, 0.15) is 50.5 Å². The molecule has 0 unspecified atom stereocenters. The standard InChI is InChI=1S/C16H22O3/c17-14-8-6-13(7-9-14)12-16(15(18)19)10-4-2-1-3-5-11-16/h6-9,17H,1-5,10-12H2,(H,18,19). The van der Waals surface area contributed by atoms with Gasteiger partial charge in [-0.15, -0.1) is 0 Å². The molecular formula is C16H22O3. The van der Waals surface area contributed by atoms with Gasteiger partial charge in [0.1, 0.15) is 5.75 Å². The molecule has 2 rings (SSSR count). The van der Waals surface area contributed by atoms with Crippen molar-refractivity contribution in [2.45, 2.75) is 51.4 Å². The first-order valence-corrected chi connectivity index (χ1v) is 7.14. The summed E-state index contributed by atoms with van der Waals surface area (Å²) in [6.07, 6.45) is 7.63. The van der Waals surface area contributed by atoms with E-state index >= 15 is 0 Å².